The predicted molar refractivity (Wildman–Crippen MR) is 115 cm³/mol. The molecule has 12 heteroatoms. The van der Waals surface area contributed by atoms with Crippen molar-refractivity contribution in [2.45, 2.75) is 44.5 Å². The van der Waals surface area contributed by atoms with Crippen LogP contribution in [0, 0.1) is 5.92 Å². The van der Waals surface area contributed by atoms with Crippen LogP contribution >= 0.6 is 0 Å². The average molecular weight is 459 g/mol. The topological polar surface area (TPSA) is 172 Å². The molecule has 1 aliphatic heterocycles. The van der Waals surface area contributed by atoms with Gasteiger partial charge in [0.2, 0.25) is 5.95 Å². The quantitative estimate of drug-likeness (QED) is 0.320. The Balaban J connectivity index is 1.61. The molecule has 0 bridgehead atoms. The molecule has 0 radical (unpaired) electrons. The van der Waals surface area contributed by atoms with Gasteiger partial charge in [-0.25, -0.2) is 4.98 Å². The number of aliphatic hydroxyl groups excluding tert-OH is 3. The van der Waals surface area contributed by atoms with Crippen molar-refractivity contribution in [1.82, 2.24) is 19.5 Å². The smallest absolute Gasteiger partial charge is 0.280 e. The van der Waals surface area contributed by atoms with Gasteiger partial charge in [-0.3, -0.25) is 24.5 Å². The zero-order valence-corrected chi connectivity index (χ0v) is 18.0. The van der Waals surface area contributed by atoms with Gasteiger partial charge in [-0.1, -0.05) is 32.0 Å². The average Bonchev–Trinajstić information content (AvgIpc) is 3.33. The number of amides is 1. The first-order chi connectivity index (χ1) is 15.8. The van der Waals surface area contributed by atoms with Gasteiger partial charge >= 0.3 is 0 Å². The minimum Gasteiger partial charge on any atom is -0.480 e. The summed E-state index contributed by atoms with van der Waals surface area (Å²) in [5, 5.41) is 32.2. The maximum absolute atomic E-state index is 12.9. The van der Waals surface area contributed by atoms with Crippen molar-refractivity contribution in [3.8, 4) is 5.75 Å². The number of nitrogens with zero attached hydrogens (tertiary/aromatic N) is 3. The minimum atomic E-state index is -1.39. The fraction of sp³-hybridized carbons (Fsp3) is 0.429. The SMILES string of the molecule is CC(C)C(Oc1ccccc1)C(=O)Nc1nc2c(ncn2[C@@H]2O[C@H](CO)[C@@H](O)[C@H]2O)c(=O)[nH]1. The summed E-state index contributed by atoms with van der Waals surface area (Å²) >= 11 is 0. The molecule has 5 N–H and O–H groups in total. The summed E-state index contributed by atoms with van der Waals surface area (Å²) in [5.41, 5.74) is -0.647. The molecular formula is C21H25N5O7. The lowest BCUT2D eigenvalue weighted by molar-refractivity contribution is -0.124. The van der Waals surface area contributed by atoms with E-state index in [1.54, 1.807) is 24.3 Å². The van der Waals surface area contributed by atoms with E-state index in [2.05, 4.69) is 20.3 Å². The van der Waals surface area contributed by atoms with Crippen LogP contribution in [0.25, 0.3) is 11.2 Å². The van der Waals surface area contributed by atoms with Crippen LogP contribution in [0.3, 0.4) is 0 Å². The molecule has 0 saturated carbocycles. The second kappa shape index (κ2) is 9.27. The standard InChI is InChI=1S/C21H25N5O7/c1-10(2)16(32-11-6-4-3-5-7-11)19(31)25-21-23-17-13(18(30)24-21)22-9-26(17)20-15(29)14(28)12(8-27)33-20/h3-7,9-10,12,14-16,20,27-29H,8H2,1-2H3,(H2,23,24,25,30,31)/t12-,14-,15-,16?,20-/m1/s1. The normalized spacial score (nSPS) is 23.7. The number of imidazole rings is 1. The Bertz CT molecular complexity index is 1180. The molecule has 3 heterocycles. The highest BCUT2D eigenvalue weighted by Crippen LogP contribution is 2.31. The summed E-state index contributed by atoms with van der Waals surface area (Å²) in [7, 11) is 0. The van der Waals surface area contributed by atoms with E-state index in [0.717, 1.165) is 0 Å². The summed E-state index contributed by atoms with van der Waals surface area (Å²) in [6.45, 7) is 3.14. The first-order valence-corrected chi connectivity index (χ1v) is 10.4. The number of fused-ring (bicyclic) bond motifs is 1. The number of benzene rings is 1. The fourth-order valence-corrected chi connectivity index (χ4v) is 3.61. The van der Waals surface area contributed by atoms with Gasteiger partial charge in [0.1, 0.15) is 24.1 Å². The van der Waals surface area contributed by atoms with Crippen LogP contribution in [0.5, 0.6) is 5.75 Å². The molecule has 0 aliphatic carbocycles. The van der Waals surface area contributed by atoms with Gasteiger partial charge in [-0.05, 0) is 18.1 Å². The van der Waals surface area contributed by atoms with E-state index in [1.807, 2.05) is 19.9 Å². The van der Waals surface area contributed by atoms with E-state index in [9.17, 15) is 24.9 Å². The number of aromatic nitrogens is 4. The van der Waals surface area contributed by atoms with E-state index in [0.29, 0.717) is 5.75 Å². The summed E-state index contributed by atoms with van der Waals surface area (Å²) < 4.78 is 12.6. The van der Waals surface area contributed by atoms with E-state index < -0.39 is 48.7 Å². The molecule has 1 saturated heterocycles. The van der Waals surface area contributed by atoms with Crippen molar-refractivity contribution in [2.24, 2.45) is 5.92 Å². The summed E-state index contributed by atoms with van der Waals surface area (Å²) in [6, 6.07) is 8.87. The summed E-state index contributed by atoms with van der Waals surface area (Å²) in [5.74, 6) is -0.334. The van der Waals surface area contributed by atoms with Crippen LogP contribution in [-0.4, -0.2) is 71.8 Å². The summed E-state index contributed by atoms with van der Waals surface area (Å²) in [4.78, 5) is 36.2. The van der Waals surface area contributed by atoms with E-state index in [-0.39, 0.29) is 23.0 Å². The van der Waals surface area contributed by atoms with E-state index in [4.69, 9.17) is 9.47 Å². The van der Waals surface area contributed by atoms with Crippen LogP contribution in [-0.2, 0) is 9.53 Å². The van der Waals surface area contributed by atoms with Crippen LogP contribution in [0.15, 0.2) is 41.5 Å². The number of aromatic amines is 1. The molecule has 12 nitrogen and oxygen atoms in total. The van der Waals surface area contributed by atoms with Crippen LogP contribution in [0.2, 0.25) is 0 Å². The van der Waals surface area contributed by atoms with Crippen molar-refractivity contribution < 1.29 is 29.6 Å². The second-order valence-electron chi connectivity index (χ2n) is 8.05. The third-order valence-electron chi connectivity index (χ3n) is 5.34. The van der Waals surface area contributed by atoms with Crippen molar-refractivity contribution in [3.63, 3.8) is 0 Å². The number of para-hydroxylation sites is 1. The Kier molecular flexibility index (Phi) is 6.42. The van der Waals surface area contributed by atoms with Gasteiger partial charge in [0.05, 0.1) is 12.9 Å². The fourth-order valence-electron chi connectivity index (χ4n) is 3.61. The van der Waals surface area contributed by atoms with Crippen molar-refractivity contribution >= 4 is 23.0 Å². The number of carbonyl (C=O) groups is 1. The molecule has 0 spiro atoms. The van der Waals surface area contributed by atoms with Gasteiger partial charge in [-0.15, -0.1) is 0 Å². The zero-order valence-electron chi connectivity index (χ0n) is 18.0. The van der Waals surface area contributed by atoms with Crippen LogP contribution in [0.1, 0.15) is 20.1 Å². The predicted octanol–water partition coefficient (Wildman–Crippen LogP) is -0.227. The van der Waals surface area contributed by atoms with Gasteiger partial charge in [0.15, 0.2) is 23.5 Å². The number of hydrogen-bond donors (Lipinski definition) is 5. The first kappa shape index (κ1) is 22.9. The number of hydrogen-bond acceptors (Lipinski definition) is 9. The second-order valence-corrected chi connectivity index (χ2v) is 8.05. The lowest BCUT2D eigenvalue weighted by Gasteiger charge is -2.21. The van der Waals surface area contributed by atoms with E-state index >= 15 is 0 Å². The van der Waals surface area contributed by atoms with Crippen molar-refractivity contribution in [2.75, 3.05) is 11.9 Å². The lowest BCUT2D eigenvalue weighted by atomic mass is 10.1. The van der Waals surface area contributed by atoms with Gasteiger partial charge in [0.25, 0.3) is 11.5 Å². The molecule has 1 aromatic carbocycles. The molecule has 3 aromatic rings. The van der Waals surface area contributed by atoms with Crippen LogP contribution < -0.4 is 15.6 Å². The largest absolute Gasteiger partial charge is 0.480 e. The number of nitrogens with one attached hydrogen (secondary N) is 2. The molecule has 5 atom stereocenters. The van der Waals surface area contributed by atoms with Crippen molar-refractivity contribution in [1.29, 1.82) is 0 Å². The van der Waals surface area contributed by atoms with E-state index in [1.165, 1.54) is 10.9 Å². The number of anilines is 1. The maximum atomic E-state index is 12.9. The Morgan fingerprint density at radius 2 is 2.00 bits per heavy atom. The third kappa shape index (κ3) is 4.46. The maximum Gasteiger partial charge on any atom is 0.280 e. The molecule has 1 amide bonds. The number of rotatable bonds is 7. The molecule has 1 aliphatic rings. The zero-order chi connectivity index (χ0) is 23.7. The number of ether oxygens (including phenoxy) is 2. The Labute approximate surface area is 187 Å². The number of carbonyl (C=O) groups excluding carboxylic acids is 1. The van der Waals surface area contributed by atoms with Gasteiger partial charge in [-0.2, -0.15) is 4.98 Å². The Morgan fingerprint density at radius 3 is 2.64 bits per heavy atom. The Morgan fingerprint density at radius 1 is 1.27 bits per heavy atom. The van der Waals surface area contributed by atoms with Gasteiger partial charge in [0, 0.05) is 0 Å². The van der Waals surface area contributed by atoms with Crippen LogP contribution in [0.4, 0.5) is 5.95 Å². The molecule has 2 aromatic heterocycles. The molecule has 1 fully saturated rings. The number of aliphatic hydroxyl groups is 3. The first-order valence-electron chi connectivity index (χ1n) is 10.4. The van der Waals surface area contributed by atoms with Gasteiger partial charge < -0.3 is 24.8 Å². The minimum absolute atomic E-state index is 0.0222. The van der Waals surface area contributed by atoms with Crippen molar-refractivity contribution in [3.05, 3.63) is 47.0 Å². The third-order valence-corrected chi connectivity index (χ3v) is 5.34. The molecule has 1 unspecified atom stereocenters. The molecule has 176 valence electrons. The monoisotopic (exact) mass is 459 g/mol. The Hall–Kier alpha value is -3.32. The highest BCUT2D eigenvalue weighted by atomic mass is 16.6. The number of H-pyrrole nitrogens is 1. The molecule has 4 rings (SSSR count). The molecule has 33 heavy (non-hydrogen) atoms. The molecular weight excluding hydrogens is 434 g/mol. The lowest BCUT2D eigenvalue weighted by Crippen LogP contribution is -2.38. The highest BCUT2D eigenvalue weighted by Gasteiger charge is 2.44. The summed E-state index contributed by atoms with van der Waals surface area (Å²) in [6.07, 6.45) is -4.49. The highest BCUT2D eigenvalue weighted by molar-refractivity contribution is 5.93.